The highest BCUT2D eigenvalue weighted by atomic mass is 19.1. The smallest absolute Gasteiger partial charge is 0.191 e. The number of halogens is 1. The van der Waals surface area contributed by atoms with Crippen LogP contribution in [-0.2, 0) is 13.0 Å². The average Bonchev–Trinajstić information content (AvgIpc) is 2.58. The van der Waals surface area contributed by atoms with Crippen molar-refractivity contribution in [3.8, 4) is 0 Å². The Labute approximate surface area is 143 Å². The van der Waals surface area contributed by atoms with E-state index in [0.717, 1.165) is 18.5 Å². The SMILES string of the molecule is CN=C(NCCc1ccccc1)NCc1ccc(N(C)C)c(F)c1. The van der Waals surface area contributed by atoms with Crippen LogP contribution in [0, 0.1) is 5.82 Å². The van der Waals surface area contributed by atoms with Crippen LogP contribution in [0.3, 0.4) is 0 Å². The summed E-state index contributed by atoms with van der Waals surface area (Å²) in [6.07, 6.45) is 0.924. The summed E-state index contributed by atoms with van der Waals surface area (Å²) in [5.41, 5.74) is 2.75. The van der Waals surface area contributed by atoms with Crippen LogP contribution in [0.1, 0.15) is 11.1 Å². The second-order valence-electron chi connectivity index (χ2n) is 5.77. The molecule has 0 unspecified atom stereocenters. The maximum absolute atomic E-state index is 14.0. The first-order valence-corrected chi connectivity index (χ1v) is 8.04. The number of rotatable bonds is 6. The Morgan fingerprint density at radius 3 is 2.42 bits per heavy atom. The van der Waals surface area contributed by atoms with Gasteiger partial charge in [-0.1, -0.05) is 36.4 Å². The highest BCUT2D eigenvalue weighted by Crippen LogP contribution is 2.18. The van der Waals surface area contributed by atoms with Crippen LogP contribution in [0.4, 0.5) is 10.1 Å². The minimum Gasteiger partial charge on any atom is -0.375 e. The van der Waals surface area contributed by atoms with E-state index in [1.165, 1.54) is 5.56 Å². The third-order valence-corrected chi connectivity index (χ3v) is 3.73. The summed E-state index contributed by atoms with van der Waals surface area (Å²) in [5, 5.41) is 6.48. The van der Waals surface area contributed by atoms with E-state index in [2.05, 4.69) is 27.8 Å². The maximum Gasteiger partial charge on any atom is 0.191 e. The lowest BCUT2D eigenvalue weighted by Gasteiger charge is -2.15. The molecule has 2 rings (SSSR count). The molecule has 0 spiro atoms. The number of benzene rings is 2. The number of anilines is 1. The molecule has 24 heavy (non-hydrogen) atoms. The zero-order valence-corrected chi connectivity index (χ0v) is 14.5. The molecule has 0 amide bonds. The van der Waals surface area contributed by atoms with E-state index in [0.29, 0.717) is 18.2 Å². The molecule has 2 aromatic rings. The maximum atomic E-state index is 14.0. The van der Waals surface area contributed by atoms with Crippen molar-refractivity contribution in [1.82, 2.24) is 10.6 Å². The molecule has 2 aromatic carbocycles. The third-order valence-electron chi connectivity index (χ3n) is 3.73. The van der Waals surface area contributed by atoms with Crippen molar-refractivity contribution in [2.45, 2.75) is 13.0 Å². The number of aliphatic imine (C=N–C) groups is 1. The van der Waals surface area contributed by atoms with Gasteiger partial charge in [0.05, 0.1) is 5.69 Å². The van der Waals surface area contributed by atoms with Crippen molar-refractivity contribution < 1.29 is 4.39 Å². The first-order chi connectivity index (χ1) is 11.6. The fraction of sp³-hybridized carbons (Fsp3) is 0.316. The molecule has 4 nitrogen and oxygen atoms in total. The topological polar surface area (TPSA) is 39.7 Å². The number of hydrogen-bond acceptors (Lipinski definition) is 2. The standard InChI is InChI=1S/C19H25FN4/c1-21-19(22-12-11-15-7-5-4-6-8-15)23-14-16-9-10-18(24(2)3)17(20)13-16/h4-10,13H,11-12,14H2,1-3H3,(H2,21,22,23). The minimum absolute atomic E-state index is 0.216. The predicted octanol–water partition coefficient (Wildman–Crippen LogP) is 2.80. The van der Waals surface area contributed by atoms with Crippen LogP contribution >= 0.6 is 0 Å². The molecule has 0 aliphatic carbocycles. The van der Waals surface area contributed by atoms with Gasteiger partial charge in [-0.15, -0.1) is 0 Å². The van der Waals surface area contributed by atoms with Gasteiger partial charge in [0.25, 0.3) is 0 Å². The van der Waals surface area contributed by atoms with Crippen molar-refractivity contribution in [1.29, 1.82) is 0 Å². The highest BCUT2D eigenvalue weighted by Gasteiger charge is 2.06. The molecule has 0 aliphatic rings. The number of nitrogens with zero attached hydrogens (tertiary/aromatic N) is 2. The fourth-order valence-electron chi connectivity index (χ4n) is 2.40. The van der Waals surface area contributed by atoms with Gasteiger partial charge in [0.2, 0.25) is 0 Å². The molecule has 0 bridgehead atoms. The number of guanidine groups is 1. The normalized spacial score (nSPS) is 11.2. The summed E-state index contributed by atoms with van der Waals surface area (Å²) in [6.45, 7) is 1.31. The first kappa shape index (κ1) is 17.8. The van der Waals surface area contributed by atoms with Gasteiger partial charge < -0.3 is 15.5 Å². The van der Waals surface area contributed by atoms with Crippen molar-refractivity contribution in [3.63, 3.8) is 0 Å². The van der Waals surface area contributed by atoms with Gasteiger partial charge in [0, 0.05) is 34.2 Å². The lowest BCUT2D eigenvalue weighted by atomic mass is 10.1. The van der Waals surface area contributed by atoms with Gasteiger partial charge >= 0.3 is 0 Å². The Morgan fingerprint density at radius 2 is 1.79 bits per heavy atom. The number of nitrogens with one attached hydrogen (secondary N) is 2. The monoisotopic (exact) mass is 328 g/mol. The largest absolute Gasteiger partial charge is 0.375 e. The van der Waals surface area contributed by atoms with Crippen molar-refractivity contribution in [2.24, 2.45) is 4.99 Å². The van der Waals surface area contributed by atoms with Crippen LogP contribution in [0.5, 0.6) is 0 Å². The molecule has 5 heteroatoms. The second kappa shape index (κ2) is 8.91. The summed E-state index contributed by atoms with van der Waals surface area (Å²) in [4.78, 5) is 5.96. The Hall–Kier alpha value is -2.56. The quantitative estimate of drug-likeness (QED) is 0.633. The lowest BCUT2D eigenvalue weighted by Crippen LogP contribution is -2.37. The Balaban J connectivity index is 1.82. The van der Waals surface area contributed by atoms with E-state index in [4.69, 9.17) is 0 Å². The van der Waals surface area contributed by atoms with Crippen molar-refractivity contribution in [3.05, 3.63) is 65.5 Å². The zero-order chi connectivity index (χ0) is 17.4. The van der Waals surface area contributed by atoms with E-state index in [-0.39, 0.29) is 5.82 Å². The molecule has 0 radical (unpaired) electrons. The molecular weight excluding hydrogens is 303 g/mol. The molecule has 128 valence electrons. The summed E-state index contributed by atoms with van der Waals surface area (Å²) >= 11 is 0. The van der Waals surface area contributed by atoms with Gasteiger partial charge in [-0.25, -0.2) is 4.39 Å². The summed E-state index contributed by atoms with van der Waals surface area (Å²) in [6, 6.07) is 15.6. The van der Waals surface area contributed by atoms with E-state index < -0.39 is 0 Å². The molecule has 0 aromatic heterocycles. The Morgan fingerprint density at radius 1 is 1.04 bits per heavy atom. The molecule has 0 saturated heterocycles. The van der Waals surface area contributed by atoms with Gasteiger partial charge in [0.1, 0.15) is 5.82 Å². The van der Waals surface area contributed by atoms with Gasteiger partial charge in [0.15, 0.2) is 5.96 Å². The summed E-state index contributed by atoms with van der Waals surface area (Å²) < 4.78 is 14.0. The molecule has 0 atom stereocenters. The Bertz CT molecular complexity index is 668. The van der Waals surface area contributed by atoms with Crippen molar-refractivity contribution in [2.75, 3.05) is 32.6 Å². The van der Waals surface area contributed by atoms with Gasteiger partial charge in [-0.3, -0.25) is 4.99 Å². The van der Waals surface area contributed by atoms with E-state index >= 15 is 0 Å². The molecule has 0 aliphatic heterocycles. The van der Waals surface area contributed by atoms with Crippen LogP contribution in [0.2, 0.25) is 0 Å². The zero-order valence-electron chi connectivity index (χ0n) is 14.5. The van der Waals surface area contributed by atoms with E-state index in [9.17, 15) is 4.39 Å². The predicted molar refractivity (Wildman–Crippen MR) is 99.1 cm³/mol. The fourth-order valence-corrected chi connectivity index (χ4v) is 2.40. The third kappa shape index (κ3) is 5.26. The second-order valence-corrected chi connectivity index (χ2v) is 5.77. The minimum atomic E-state index is -0.216. The Kier molecular flexibility index (Phi) is 6.61. The van der Waals surface area contributed by atoms with Crippen LogP contribution < -0.4 is 15.5 Å². The van der Waals surface area contributed by atoms with Crippen LogP contribution in [0.15, 0.2) is 53.5 Å². The summed E-state index contributed by atoms with van der Waals surface area (Å²) in [5.74, 6) is 0.495. The molecule has 0 fully saturated rings. The number of hydrogen-bond donors (Lipinski definition) is 2. The molecule has 0 heterocycles. The molecule has 0 saturated carbocycles. The van der Waals surface area contributed by atoms with E-state index in [1.807, 2.05) is 38.4 Å². The van der Waals surface area contributed by atoms with Crippen LogP contribution in [-0.4, -0.2) is 33.6 Å². The summed E-state index contributed by atoms with van der Waals surface area (Å²) in [7, 11) is 5.39. The van der Waals surface area contributed by atoms with Crippen LogP contribution in [0.25, 0.3) is 0 Å². The van der Waals surface area contributed by atoms with Gasteiger partial charge in [-0.2, -0.15) is 0 Å². The molecule has 2 N–H and O–H groups in total. The average molecular weight is 328 g/mol. The van der Waals surface area contributed by atoms with Gasteiger partial charge in [-0.05, 0) is 29.7 Å². The lowest BCUT2D eigenvalue weighted by molar-refractivity contribution is 0.623. The van der Waals surface area contributed by atoms with E-state index in [1.54, 1.807) is 24.1 Å². The highest BCUT2D eigenvalue weighted by molar-refractivity contribution is 5.79. The van der Waals surface area contributed by atoms with Crippen molar-refractivity contribution >= 4 is 11.6 Å². The molecular formula is C19H25FN4. The first-order valence-electron chi connectivity index (χ1n) is 8.04.